The highest BCUT2D eigenvalue weighted by Gasteiger charge is 2.16. The van der Waals surface area contributed by atoms with Crippen molar-refractivity contribution < 1.29 is 5.11 Å². The highest BCUT2D eigenvalue weighted by Crippen LogP contribution is 2.17. The summed E-state index contributed by atoms with van der Waals surface area (Å²) in [6.45, 7) is 2.05. The Morgan fingerprint density at radius 1 is 1.46 bits per heavy atom. The van der Waals surface area contributed by atoms with E-state index < -0.39 is 6.10 Å². The molecule has 0 fully saturated rings. The number of aliphatic hydroxyl groups excluding tert-OH is 1. The van der Waals surface area contributed by atoms with Crippen LogP contribution >= 0.6 is 0 Å². The average molecular weight is 180 g/mol. The Morgan fingerprint density at radius 3 is 2.54 bits per heavy atom. The van der Waals surface area contributed by atoms with Crippen LogP contribution in [0.3, 0.4) is 0 Å². The van der Waals surface area contributed by atoms with Gasteiger partial charge in [-0.25, -0.2) is 0 Å². The molecule has 1 aromatic heterocycles. The van der Waals surface area contributed by atoms with Gasteiger partial charge in [0.1, 0.15) is 0 Å². The molecule has 1 rings (SSSR count). The lowest BCUT2D eigenvalue weighted by Crippen LogP contribution is -2.31. The second kappa shape index (κ2) is 4.94. The van der Waals surface area contributed by atoms with Crippen molar-refractivity contribution in [1.29, 1.82) is 0 Å². The molecule has 1 heterocycles. The van der Waals surface area contributed by atoms with Gasteiger partial charge in [-0.3, -0.25) is 4.98 Å². The summed E-state index contributed by atoms with van der Waals surface area (Å²) in [6, 6.07) is 3.79. The second-order valence-corrected chi connectivity index (χ2v) is 3.03. The predicted molar refractivity (Wildman–Crippen MR) is 52.3 cm³/mol. The number of nitrogens with one attached hydrogen (secondary N) is 1. The molecule has 0 amide bonds. The van der Waals surface area contributed by atoms with E-state index in [0.29, 0.717) is 0 Å². The molecule has 1 aromatic rings. The zero-order chi connectivity index (χ0) is 9.68. The maximum absolute atomic E-state index is 9.89. The SMILES string of the molecule is CCC(NC)C(O)c1ccncc1. The Morgan fingerprint density at radius 2 is 2.08 bits per heavy atom. The molecule has 2 N–H and O–H groups in total. The standard InChI is InChI=1S/C10H16N2O/c1-3-9(11-2)10(13)8-4-6-12-7-5-8/h4-7,9-11,13H,3H2,1-2H3. The van der Waals surface area contributed by atoms with Crippen LogP contribution in [0.15, 0.2) is 24.5 Å². The van der Waals surface area contributed by atoms with Gasteiger partial charge < -0.3 is 10.4 Å². The van der Waals surface area contributed by atoms with Crippen LogP contribution < -0.4 is 5.32 Å². The topological polar surface area (TPSA) is 45.1 Å². The van der Waals surface area contributed by atoms with Crippen LogP contribution in [-0.4, -0.2) is 23.2 Å². The number of hydrogen-bond donors (Lipinski definition) is 2. The monoisotopic (exact) mass is 180 g/mol. The maximum atomic E-state index is 9.89. The summed E-state index contributed by atoms with van der Waals surface area (Å²) in [7, 11) is 1.86. The van der Waals surface area contributed by atoms with E-state index in [1.165, 1.54) is 0 Å². The Balaban J connectivity index is 2.72. The average Bonchev–Trinajstić information content (AvgIpc) is 2.21. The third-order valence-corrected chi connectivity index (χ3v) is 2.24. The van der Waals surface area contributed by atoms with E-state index in [4.69, 9.17) is 0 Å². The van der Waals surface area contributed by atoms with E-state index in [2.05, 4.69) is 10.3 Å². The Hall–Kier alpha value is -0.930. The minimum Gasteiger partial charge on any atom is -0.387 e. The zero-order valence-corrected chi connectivity index (χ0v) is 8.07. The van der Waals surface area contributed by atoms with E-state index in [-0.39, 0.29) is 6.04 Å². The molecule has 0 saturated carbocycles. The molecule has 0 radical (unpaired) electrons. The number of rotatable bonds is 4. The van der Waals surface area contributed by atoms with Crippen molar-refractivity contribution in [3.8, 4) is 0 Å². The van der Waals surface area contributed by atoms with E-state index in [0.717, 1.165) is 12.0 Å². The van der Waals surface area contributed by atoms with Gasteiger partial charge in [0, 0.05) is 18.4 Å². The first-order chi connectivity index (χ1) is 6.29. The minimum atomic E-state index is -0.446. The number of aromatic nitrogens is 1. The van der Waals surface area contributed by atoms with Crippen molar-refractivity contribution in [1.82, 2.24) is 10.3 Å². The van der Waals surface area contributed by atoms with Crippen LogP contribution in [0.25, 0.3) is 0 Å². The van der Waals surface area contributed by atoms with Gasteiger partial charge in [-0.15, -0.1) is 0 Å². The Kier molecular flexibility index (Phi) is 3.86. The normalized spacial score (nSPS) is 15.3. The molecule has 0 aliphatic rings. The van der Waals surface area contributed by atoms with Gasteiger partial charge in [0.15, 0.2) is 0 Å². The predicted octanol–water partition coefficient (Wildman–Crippen LogP) is 1.11. The fourth-order valence-corrected chi connectivity index (χ4v) is 1.38. The molecule has 72 valence electrons. The van der Waals surface area contributed by atoms with Gasteiger partial charge in [0.25, 0.3) is 0 Å². The molecule has 2 atom stereocenters. The molecule has 3 heteroatoms. The fraction of sp³-hybridized carbons (Fsp3) is 0.500. The largest absolute Gasteiger partial charge is 0.387 e. The number of pyridine rings is 1. The molecular weight excluding hydrogens is 164 g/mol. The van der Waals surface area contributed by atoms with Crippen molar-refractivity contribution in [3.05, 3.63) is 30.1 Å². The summed E-state index contributed by atoms with van der Waals surface area (Å²) in [5, 5.41) is 13.0. The number of nitrogens with zero attached hydrogens (tertiary/aromatic N) is 1. The first kappa shape index (κ1) is 10.2. The number of aliphatic hydroxyl groups is 1. The quantitative estimate of drug-likeness (QED) is 0.729. The molecule has 0 aliphatic carbocycles. The highest BCUT2D eigenvalue weighted by atomic mass is 16.3. The molecule has 3 nitrogen and oxygen atoms in total. The Bertz CT molecular complexity index is 234. The summed E-state index contributed by atoms with van der Waals surface area (Å²) < 4.78 is 0. The van der Waals surface area contributed by atoms with Gasteiger partial charge in [-0.2, -0.15) is 0 Å². The molecule has 0 spiro atoms. The van der Waals surface area contributed by atoms with Gasteiger partial charge in [-0.05, 0) is 31.2 Å². The van der Waals surface area contributed by atoms with E-state index in [1.54, 1.807) is 12.4 Å². The van der Waals surface area contributed by atoms with Crippen LogP contribution in [0.4, 0.5) is 0 Å². The summed E-state index contributed by atoms with van der Waals surface area (Å²) >= 11 is 0. The van der Waals surface area contributed by atoms with Gasteiger partial charge >= 0.3 is 0 Å². The third kappa shape index (κ3) is 2.50. The fourth-order valence-electron chi connectivity index (χ4n) is 1.38. The molecule has 0 aliphatic heterocycles. The van der Waals surface area contributed by atoms with Crippen molar-refractivity contribution in [2.45, 2.75) is 25.5 Å². The third-order valence-electron chi connectivity index (χ3n) is 2.24. The molecule has 13 heavy (non-hydrogen) atoms. The van der Waals surface area contributed by atoms with Crippen molar-refractivity contribution in [3.63, 3.8) is 0 Å². The molecule has 0 saturated heterocycles. The van der Waals surface area contributed by atoms with Gasteiger partial charge in [-0.1, -0.05) is 6.92 Å². The van der Waals surface area contributed by atoms with E-state index in [9.17, 15) is 5.11 Å². The number of hydrogen-bond acceptors (Lipinski definition) is 3. The lowest BCUT2D eigenvalue weighted by atomic mass is 10.0. The van der Waals surface area contributed by atoms with E-state index in [1.807, 2.05) is 26.1 Å². The zero-order valence-electron chi connectivity index (χ0n) is 8.07. The second-order valence-electron chi connectivity index (χ2n) is 3.03. The molecular formula is C10H16N2O. The van der Waals surface area contributed by atoms with Crippen LogP contribution in [-0.2, 0) is 0 Å². The van der Waals surface area contributed by atoms with Crippen molar-refractivity contribution in [2.75, 3.05) is 7.05 Å². The van der Waals surface area contributed by atoms with Crippen LogP contribution in [0.5, 0.6) is 0 Å². The summed E-state index contributed by atoms with van der Waals surface area (Å²) in [6.07, 6.45) is 3.85. The minimum absolute atomic E-state index is 0.113. The van der Waals surface area contributed by atoms with Crippen LogP contribution in [0.2, 0.25) is 0 Å². The van der Waals surface area contributed by atoms with Gasteiger partial charge in [0.2, 0.25) is 0 Å². The Labute approximate surface area is 78.8 Å². The van der Waals surface area contributed by atoms with E-state index >= 15 is 0 Å². The molecule has 2 unspecified atom stereocenters. The summed E-state index contributed by atoms with van der Waals surface area (Å²) in [5.74, 6) is 0. The highest BCUT2D eigenvalue weighted by molar-refractivity contribution is 5.14. The molecule has 0 bridgehead atoms. The van der Waals surface area contributed by atoms with Crippen molar-refractivity contribution in [2.24, 2.45) is 0 Å². The molecule has 0 aromatic carbocycles. The first-order valence-electron chi connectivity index (χ1n) is 4.54. The summed E-state index contributed by atoms with van der Waals surface area (Å²) in [4.78, 5) is 3.91. The van der Waals surface area contributed by atoms with Crippen LogP contribution in [0, 0.1) is 0 Å². The summed E-state index contributed by atoms with van der Waals surface area (Å²) in [5.41, 5.74) is 0.913. The van der Waals surface area contributed by atoms with Crippen molar-refractivity contribution >= 4 is 0 Å². The van der Waals surface area contributed by atoms with Crippen LogP contribution in [0.1, 0.15) is 25.0 Å². The smallest absolute Gasteiger partial charge is 0.0943 e. The lowest BCUT2D eigenvalue weighted by Gasteiger charge is -2.20. The maximum Gasteiger partial charge on any atom is 0.0943 e. The van der Waals surface area contributed by atoms with Gasteiger partial charge in [0.05, 0.1) is 6.10 Å². The number of likely N-dealkylation sites (N-methyl/N-ethyl adjacent to an activating group) is 1. The lowest BCUT2D eigenvalue weighted by molar-refractivity contribution is 0.130. The first-order valence-corrected chi connectivity index (χ1v) is 4.54.